The van der Waals surface area contributed by atoms with E-state index in [0.717, 1.165) is 6.07 Å². The number of nitrogens with two attached hydrogens (primary N) is 1. The lowest BCUT2D eigenvalue weighted by Gasteiger charge is -2.08. The number of halogens is 1. The monoisotopic (exact) mass is 300 g/mol. The number of aryl methyl sites for hydroxylation is 2. The van der Waals surface area contributed by atoms with Gasteiger partial charge in [-0.1, -0.05) is 5.16 Å². The number of hydrogen-bond acceptors (Lipinski definition) is 6. The first-order valence-electron chi connectivity index (χ1n) is 5.64. The van der Waals surface area contributed by atoms with E-state index in [1.165, 1.54) is 13.0 Å². The highest BCUT2D eigenvalue weighted by Gasteiger charge is 2.21. The molecule has 0 saturated heterocycles. The molecule has 2 aromatic rings. The average Bonchev–Trinajstić information content (AvgIpc) is 2.77. The molecule has 20 heavy (non-hydrogen) atoms. The van der Waals surface area contributed by atoms with E-state index in [1.807, 2.05) is 0 Å². The van der Waals surface area contributed by atoms with Gasteiger partial charge >= 0.3 is 0 Å². The van der Waals surface area contributed by atoms with Gasteiger partial charge in [-0.3, -0.25) is 0 Å². The van der Waals surface area contributed by atoms with Crippen LogP contribution in [-0.4, -0.2) is 18.6 Å². The van der Waals surface area contributed by atoms with Crippen molar-refractivity contribution >= 4 is 15.7 Å². The molecule has 0 aliphatic rings. The van der Waals surface area contributed by atoms with Crippen LogP contribution < -0.4 is 10.5 Å². The number of nitrogens with zero attached hydrogens (tertiary/aromatic N) is 2. The Labute approximate surface area is 115 Å². The number of aromatic nitrogens is 2. The van der Waals surface area contributed by atoms with Crippen LogP contribution in [0.15, 0.2) is 21.6 Å². The number of sulfonamides is 1. The van der Waals surface area contributed by atoms with Crippen molar-refractivity contribution in [3.63, 3.8) is 0 Å². The highest BCUT2D eigenvalue weighted by Crippen LogP contribution is 2.21. The predicted molar refractivity (Wildman–Crippen MR) is 68.6 cm³/mol. The molecule has 1 aromatic heterocycles. The van der Waals surface area contributed by atoms with Crippen molar-refractivity contribution in [3.05, 3.63) is 35.2 Å². The van der Waals surface area contributed by atoms with E-state index in [-0.39, 0.29) is 23.7 Å². The second kappa shape index (κ2) is 5.17. The van der Waals surface area contributed by atoms with Gasteiger partial charge in [-0.05, 0) is 31.5 Å². The van der Waals surface area contributed by atoms with Gasteiger partial charge in [0.05, 0.1) is 6.54 Å². The number of rotatable bonds is 4. The van der Waals surface area contributed by atoms with Gasteiger partial charge in [0.2, 0.25) is 15.9 Å². The summed E-state index contributed by atoms with van der Waals surface area (Å²) in [5.41, 5.74) is 5.85. The van der Waals surface area contributed by atoms with E-state index in [1.54, 1.807) is 6.92 Å². The van der Waals surface area contributed by atoms with E-state index >= 15 is 0 Å². The van der Waals surface area contributed by atoms with Crippen LogP contribution in [0.3, 0.4) is 0 Å². The maximum Gasteiger partial charge on any atom is 0.244 e. The summed E-state index contributed by atoms with van der Waals surface area (Å²) in [5.74, 6) is -0.370. The summed E-state index contributed by atoms with van der Waals surface area (Å²) in [6, 6.07) is 2.42. The molecule has 7 nitrogen and oxygen atoms in total. The predicted octanol–water partition coefficient (Wildman–Crippen LogP) is 0.886. The van der Waals surface area contributed by atoms with Gasteiger partial charge in [0, 0.05) is 5.69 Å². The van der Waals surface area contributed by atoms with Crippen molar-refractivity contribution in [2.75, 3.05) is 5.73 Å². The van der Waals surface area contributed by atoms with Gasteiger partial charge in [0.15, 0.2) is 5.82 Å². The van der Waals surface area contributed by atoms with E-state index < -0.39 is 20.7 Å². The summed E-state index contributed by atoms with van der Waals surface area (Å²) >= 11 is 0. The molecule has 0 bridgehead atoms. The molecule has 3 N–H and O–H groups in total. The molecule has 9 heteroatoms. The zero-order valence-electron chi connectivity index (χ0n) is 10.8. The van der Waals surface area contributed by atoms with E-state index in [2.05, 4.69) is 14.9 Å². The Hall–Kier alpha value is -2.00. The molecular formula is C11H13FN4O3S. The van der Waals surface area contributed by atoms with Crippen LogP contribution in [-0.2, 0) is 16.6 Å². The molecule has 0 saturated carbocycles. The molecule has 0 spiro atoms. The Balaban J connectivity index is 2.27. The molecule has 0 atom stereocenters. The molecule has 0 aliphatic carbocycles. The topological polar surface area (TPSA) is 111 Å². The fourth-order valence-electron chi connectivity index (χ4n) is 1.61. The zero-order chi connectivity index (χ0) is 14.9. The normalized spacial score (nSPS) is 11.8. The Morgan fingerprint density at radius 3 is 2.70 bits per heavy atom. The molecule has 108 valence electrons. The van der Waals surface area contributed by atoms with E-state index in [0.29, 0.717) is 5.82 Å². The van der Waals surface area contributed by atoms with Crippen LogP contribution >= 0.6 is 0 Å². The second-order valence-corrected chi connectivity index (χ2v) is 5.95. The van der Waals surface area contributed by atoms with Crippen molar-refractivity contribution < 1.29 is 17.3 Å². The largest absolute Gasteiger partial charge is 0.399 e. The van der Waals surface area contributed by atoms with Crippen molar-refractivity contribution in [1.82, 2.24) is 14.9 Å². The summed E-state index contributed by atoms with van der Waals surface area (Å²) in [5, 5.41) is 3.52. The molecule has 2 rings (SSSR count). The molecule has 0 aliphatic heterocycles. The Bertz CT molecular complexity index is 742. The highest BCUT2D eigenvalue weighted by molar-refractivity contribution is 7.89. The minimum atomic E-state index is -4.06. The fraction of sp³-hybridized carbons (Fsp3) is 0.273. The summed E-state index contributed by atoms with van der Waals surface area (Å²) in [4.78, 5) is 3.33. The minimum Gasteiger partial charge on any atom is -0.399 e. The third-order valence-corrected chi connectivity index (χ3v) is 3.92. The van der Waals surface area contributed by atoms with Crippen LogP contribution in [0.2, 0.25) is 0 Å². The zero-order valence-corrected chi connectivity index (χ0v) is 11.7. The minimum absolute atomic E-state index is 0.0899. The van der Waals surface area contributed by atoms with Crippen molar-refractivity contribution in [2.45, 2.75) is 25.3 Å². The van der Waals surface area contributed by atoms with Crippen LogP contribution in [0.25, 0.3) is 0 Å². The molecule has 0 radical (unpaired) electrons. The lowest BCUT2D eigenvalue weighted by atomic mass is 10.2. The van der Waals surface area contributed by atoms with Gasteiger partial charge in [0.1, 0.15) is 10.7 Å². The molecule has 0 unspecified atom stereocenters. The fourth-order valence-corrected chi connectivity index (χ4v) is 2.76. The van der Waals surface area contributed by atoms with Crippen molar-refractivity contribution in [2.24, 2.45) is 0 Å². The first-order valence-corrected chi connectivity index (χ1v) is 7.12. The summed E-state index contributed by atoms with van der Waals surface area (Å²) < 4.78 is 44.9. The average molecular weight is 300 g/mol. The lowest BCUT2D eigenvalue weighted by molar-refractivity contribution is 0.372. The van der Waals surface area contributed by atoms with E-state index in [4.69, 9.17) is 10.3 Å². The third-order valence-electron chi connectivity index (χ3n) is 2.52. The number of hydrogen-bond donors (Lipinski definition) is 2. The molecular weight excluding hydrogens is 287 g/mol. The van der Waals surface area contributed by atoms with Crippen LogP contribution in [0.4, 0.5) is 10.1 Å². The maximum absolute atomic E-state index is 13.9. The Kier molecular flexibility index (Phi) is 3.73. The summed E-state index contributed by atoms with van der Waals surface area (Å²) in [6.45, 7) is 2.81. The Morgan fingerprint density at radius 1 is 1.40 bits per heavy atom. The molecule has 0 amide bonds. The van der Waals surface area contributed by atoms with Crippen molar-refractivity contribution in [3.8, 4) is 0 Å². The third kappa shape index (κ3) is 2.94. The number of anilines is 1. The second-order valence-electron chi connectivity index (χ2n) is 4.21. The van der Waals surface area contributed by atoms with Gasteiger partial charge in [-0.25, -0.2) is 17.5 Å². The summed E-state index contributed by atoms with van der Waals surface area (Å²) in [6.07, 6.45) is 0. The van der Waals surface area contributed by atoms with Crippen LogP contribution in [0.5, 0.6) is 0 Å². The van der Waals surface area contributed by atoms with E-state index in [9.17, 15) is 12.8 Å². The van der Waals surface area contributed by atoms with Crippen LogP contribution in [0, 0.1) is 19.7 Å². The standard InChI is InChI=1S/C11H13FN4O3S/c1-6-3-8(13)4-9(11(6)12)20(17,18)14-5-10-15-7(2)16-19-10/h3-4,14H,5,13H2,1-2H3. The first kappa shape index (κ1) is 14.4. The van der Waals surface area contributed by atoms with Gasteiger partial charge in [-0.15, -0.1) is 0 Å². The lowest BCUT2D eigenvalue weighted by Crippen LogP contribution is -2.24. The SMILES string of the molecule is Cc1noc(CNS(=O)(=O)c2cc(N)cc(C)c2F)n1. The van der Waals surface area contributed by atoms with Gasteiger partial charge < -0.3 is 10.3 Å². The molecule has 1 aromatic carbocycles. The van der Waals surface area contributed by atoms with Crippen molar-refractivity contribution in [1.29, 1.82) is 0 Å². The van der Waals surface area contributed by atoms with Gasteiger partial charge in [-0.2, -0.15) is 4.98 Å². The van der Waals surface area contributed by atoms with Gasteiger partial charge in [0.25, 0.3) is 0 Å². The smallest absolute Gasteiger partial charge is 0.244 e. The highest BCUT2D eigenvalue weighted by atomic mass is 32.2. The Morgan fingerprint density at radius 2 is 2.10 bits per heavy atom. The summed E-state index contributed by atoms with van der Waals surface area (Å²) in [7, 11) is -4.06. The first-order chi connectivity index (χ1) is 9.29. The number of nitrogens with one attached hydrogen (secondary N) is 1. The quantitative estimate of drug-likeness (QED) is 0.811. The maximum atomic E-state index is 13.9. The molecule has 0 fully saturated rings. The molecule has 1 heterocycles. The number of benzene rings is 1. The van der Waals surface area contributed by atoms with Crippen LogP contribution in [0.1, 0.15) is 17.3 Å². The number of nitrogen functional groups attached to an aromatic ring is 1.